The van der Waals surface area contributed by atoms with Crippen molar-refractivity contribution in [1.29, 1.82) is 0 Å². The Kier molecular flexibility index (Phi) is 4.07. The second-order valence-corrected chi connectivity index (χ2v) is 4.62. The Morgan fingerprint density at radius 3 is 2.72 bits per heavy atom. The molecular weight excluding hydrogens is 252 g/mol. The standard InChI is InChI=1S/C12H13ClN4O/c13-10-5-4-9(8-11(10)15-16-14)12(18)17-6-2-1-3-7-17/h4-5,8H,1-3,6-7H2. The molecule has 0 atom stereocenters. The molecule has 5 nitrogen and oxygen atoms in total. The molecule has 0 saturated carbocycles. The first kappa shape index (κ1) is 12.7. The third kappa shape index (κ3) is 2.75. The highest BCUT2D eigenvalue weighted by atomic mass is 35.5. The quantitative estimate of drug-likeness (QED) is 0.453. The van der Waals surface area contributed by atoms with Crippen molar-refractivity contribution >= 4 is 23.2 Å². The van der Waals surface area contributed by atoms with Crippen LogP contribution in [0.4, 0.5) is 5.69 Å². The number of hydrogen-bond acceptors (Lipinski definition) is 2. The van der Waals surface area contributed by atoms with Gasteiger partial charge in [-0.2, -0.15) is 0 Å². The van der Waals surface area contributed by atoms with Gasteiger partial charge in [0.05, 0.1) is 10.7 Å². The Morgan fingerprint density at radius 2 is 2.06 bits per heavy atom. The molecule has 0 spiro atoms. The molecule has 1 aromatic carbocycles. The van der Waals surface area contributed by atoms with E-state index in [2.05, 4.69) is 10.0 Å². The first-order valence-electron chi connectivity index (χ1n) is 5.86. The molecule has 0 unspecified atom stereocenters. The molecule has 0 N–H and O–H groups in total. The second-order valence-electron chi connectivity index (χ2n) is 4.21. The van der Waals surface area contributed by atoms with E-state index in [-0.39, 0.29) is 5.91 Å². The third-order valence-electron chi connectivity index (χ3n) is 2.99. The molecule has 6 heteroatoms. The minimum Gasteiger partial charge on any atom is -0.339 e. The van der Waals surface area contributed by atoms with E-state index in [0.717, 1.165) is 25.9 Å². The van der Waals surface area contributed by atoms with Crippen molar-refractivity contribution in [3.8, 4) is 0 Å². The van der Waals surface area contributed by atoms with Gasteiger partial charge >= 0.3 is 0 Å². The number of azide groups is 1. The van der Waals surface area contributed by atoms with E-state index >= 15 is 0 Å². The third-order valence-corrected chi connectivity index (χ3v) is 3.31. The maximum absolute atomic E-state index is 12.2. The first-order chi connectivity index (χ1) is 8.72. The number of halogens is 1. The van der Waals surface area contributed by atoms with Crippen LogP contribution < -0.4 is 0 Å². The van der Waals surface area contributed by atoms with E-state index in [0.29, 0.717) is 16.3 Å². The van der Waals surface area contributed by atoms with Crippen LogP contribution in [0.2, 0.25) is 5.02 Å². The zero-order valence-corrected chi connectivity index (χ0v) is 10.6. The van der Waals surface area contributed by atoms with E-state index in [4.69, 9.17) is 17.1 Å². The summed E-state index contributed by atoms with van der Waals surface area (Å²) in [4.78, 5) is 16.7. The average Bonchev–Trinajstić information content (AvgIpc) is 2.42. The number of piperidine rings is 1. The second kappa shape index (κ2) is 5.76. The summed E-state index contributed by atoms with van der Waals surface area (Å²) < 4.78 is 0. The topological polar surface area (TPSA) is 69.1 Å². The van der Waals surface area contributed by atoms with Gasteiger partial charge in [-0.1, -0.05) is 16.7 Å². The van der Waals surface area contributed by atoms with E-state index in [9.17, 15) is 4.79 Å². The summed E-state index contributed by atoms with van der Waals surface area (Å²) in [6.45, 7) is 1.58. The predicted octanol–water partition coefficient (Wildman–Crippen LogP) is 3.91. The lowest BCUT2D eigenvalue weighted by Crippen LogP contribution is -2.35. The Hall–Kier alpha value is -1.71. The first-order valence-corrected chi connectivity index (χ1v) is 6.24. The van der Waals surface area contributed by atoms with Crippen LogP contribution in [0.25, 0.3) is 10.4 Å². The van der Waals surface area contributed by atoms with Gasteiger partial charge in [-0.25, -0.2) is 0 Å². The molecule has 0 bridgehead atoms. The maximum atomic E-state index is 12.2. The molecule has 1 aliphatic rings. The highest BCUT2D eigenvalue weighted by molar-refractivity contribution is 6.33. The number of nitrogens with zero attached hydrogens (tertiary/aromatic N) is 4. The van der Waals surface area contributed by atoms with E-state index in [1.807, 2.05) is 4.90 Å². The highest BCUT2D eigenvalue weighted by Gasteiger charge is 2.18. The summed E-state index contributed by atoms with van der Waals surface area (Å²) in [5.41, 5.74) is 9.24. The lowest BCUT2D eigenvalue weighted by Gasteiger charge is -2.26. The fraction of sp³-hybridized carbons (Fsp3) is 0.417. The lowest BCUT2D eigenvalue weighted by molar-refractivity contribution is 0.0724. The van der Waals surface area contributed by atoms with Crippen molar-refractivity contribution in [3.63, 3.8) is 0 Å². The average molecular weight is 265 g/mol. The molecule has 1 aromatic rings. The molecule has 1 saturated heterocycles. The van der Waals surface area contributed by atoms with Gasteiger partial charge in [0.25, 0.3) is 5.91 Å². The van der Waals surface area contributed by atoms with Crippen LogP contribution in [0, 0.1) is 0 Å². The van der Waals surface area contributed by atoms with Crippen molar-refractivity contribution in [2.75, 3.05) is 13.1 Å². The SMILES string of the molecule is [N-]=[N+]=Nc1cc(C(=O)N2CCCCC2)ccc1Cl. The van der Waals surface area contributed by atoms with Crippen LogP contribution >= 0.6 is 11.6 Å². The molecule has 94 valence electrons. The number of benzene rings is 1. The normalized spacial score (nSPS) is 15.1. The molecule has 2 rings (SSSR count). The van der Waals surface area contributed by atoms with Crippen LogP contribution in [0.15, 0.2) is 23.3 Å². The highest BCUT2D eigenvalue weighted by Crippen LogP contribution is 2.27. The Morgan fingerprint density at radius 1 is 1.33 bits per heavy atom. The predicted molar refractivity (Wildman–Crippen MR) is 70.0 cm³/mol. The number of carbonyl (C=O) groups is 1. The molecule has 1 heterocycles. The van der Waals surface area contributed by atoms with Gasteiger partial charge in [0.2, 0.25) is 0 Å². The zero-order chi connectivity index (χ0) is 13.0. The minimum absolute atomic E-state index is 0.0271. The molecular formula is C12H13ClN4O. The molecule has 18 heavy (non-hydrogen) atoms. The fourth-order valence-corrected chi connectivity index (χ4v) is 2.21. The monoisotopic (exact) mass is 264 g/mol. The summed E-state index contributed by atoms with van der Waals surface area (Å²) in [6.07, 6.45) is 3.26. The lowest BCUT2D eigenvalue weighted by atomic mass is 10.1. The van der Waals surface area contributed by atoms with Crippen LogP contribution in [-0.4, -0.2) is 23.9 Å². The fourth-order valence-electron chi connectivity index (χ4n) is 2.05. The van der Waals surface area contributed by atoms with Crippen LogP contribution in [0.3, 0.4) is 0 Å². The van der Waals surface area contributed by atoms with Gasteiger partial charge in [-0.3, -0.25) is 4.79 Å². The Labute approximate surface area is 110 Å². The van der Waals surface area contributed by atoms with E-state index in [1.165, 1.54) is 6.42 Å². The van der Waals surface area contributed by atoms with Crippen molar-refractivity contribution < 1.29 is 4.79 Å². The zero-order valence-electron chi connectivity index (χ0n) is 9.84. The van der Waals surface area contributed by atoms with Gasteiger partial charge < -0.3 is 4.90 Å². The van der Waals surface area contributed by atoms with E-state index < -0.39 is 0 Å². The molecule has 1 fully saturated rings. The van der Waals surface area contributed by atoms with E-state index in [1.54, 1.807) is 18.2 Å². The smallest absolute Gasteiger partial charge is 0.253 e. The van der Waals surface area contributed by atoms with Gasteiger partial charge in [0.1, 0.15) is 0 Å². The summed E-state index contributed by atoms with van der Waals surface area (Å²) in [7, 11) is 0. The van der Waals surface area contributed by atoms with Crippen molar-refractivity contribution in [1.82, 2.24) is 4.90 Å². The molecule has 0 radical (unpaired) electrons. The summed E-state index contributed by atoms with van der Waals surface area (Å²) >= 11 is 5.88. The minimum atomic E-state index is -0.0271. The summed E-state index contributed by atoms with van der Waals surface area (Å²) in [5.74, 6) is -0.0271. The Balaban J connectivity index is 2.24. The molecule has 0 aromatic heterocycles. The van der Waals surface area contributed by atoms with Gasteiger partial charge in [0.15, 0.2) is 0 Å². The maximum Gasteiger partial charge on any atom is 0.253 e. The van der Waals surface area contributed by atoms with Gasteiger partial charge in [-0.05, 0) is 43.0 Å². The number of hydrogen-bond donors (Lipinski definition) is 0. The largest absolute Gasteiger partial charge is 0.339 e. The number of rotatable bonds is 2. The van der Waals surface area contributed by atoms with Crippen LogP contribution in [-0.2, 0) is 0 Å². The van der Waals surface area contributed by atoms with Crippen molar-refractivity contribution in [2.45, 2.75) is 19.3 Å². The Bertz CT molecular complexity index is 505. The molecule has 0 aliphatic carbocycles. The number of likely N-dealkylation sites (tertiary alicyclic amines) is 1. The van der Waals surface area contributed by atoms with Crippen molar-refractivity contribution in [3.05, 3.63) is 39.2 Å². The van der Waals surface area contributed by atoms with Gasteiger partial charge in [0, 0.05) is 23.6 Å². The molecule has 1 amide bonds. The summed E-state index contributed by atoms with van der Waals surface area (Å²) in [5, 5.41) is 3.82. The number of carbonyl (C=O) groups excluding carboxylic acids is 1. The van der Waals surface area contributed by atoms with Crippen LogP contribution in [0.1, 0.15) is 29.6 Å². The van der Waals surface area contributed by atoms with Gasteiger partial charge in [-0.15, -0.1) is 0 Å². The molecule has 1 aliphatic heterocycles. The van der Waals surface area contributed by atoms with Crippen molar-refractivity contribution in [2.24, 2.45) is 5.11 Å². The number of amides is 1. The van der Waals surface area contributed by atoms with Crippen LogP contribution in [0.5, 0.6) is 0 Å². The summed E-state index contributed by atoms with van der Waals surface area (Å²) in [6, 6.07) is 4.79.